The van der Waals surface area contributed by atoms with Gasteiger partial charge in [-0.25, -0.2) is 0 Å². The summed E-state index contributed by atoms with van der Waals surface area (Å²) in [4.78, 5) is 13.6. The van der Waals surface area contributed by atoms with Gasteiger partial charge in [-0.3, -0.25) is 4.79 Å². The molecule has 0 saturated heterocycles. The Hall–Kier alpha value is -2.43. The smallest absolute Gasteiger partial charge is 0.185 e. The quantitative estimate of drug-likeness (QED) is 0.530. The van der Waals surface area contributed by atoms with Crippen LogP contribution in [0.4, 0.5) is 0 Å². The lowest BCUT2D eigenvalue weighted by Gasteiger charge is -2.45. The van der Waals surface area contributed by atoms with Gasteiger partial charge in [0.05, 0.1) is 5.41 Å². The second kappa shape index (κ2) is 7.07. The normalized spacial score (nSPS) is 29.3. The summed E-state index contributed by atoms with van der Waals surface area (Å²) in [5.41, 5.74) is 2.42. The average Bonchev–Trinajstić information content (AvgIpc) is 3.11. The zero-order chi connectivity index (χ0) is 21.7. The molecule has 0 aromatic heterocycles. The Balaban J connectivity index is 1.58. The highest BCUT2D eigenvalue weighted by atomic mass is 16.6. The van der Waals surface area contributed by atoms with Gasteiger partial charge in [0.25, 0.3) is 0 Å². The van der Waals surface area contributed by atoms with Crippen molar-refractivity contribution < 1.29 is 19.7 Å². The van der Waals surface area contributed by atoms with Crippen molar-refractivity contribution in [3.63, 3.8) is 0 Å². The number of Topliss-reactive ketones (excluding diaryl/α,β-unsaturated/α-hetero) is 1. The topological polar surface area (TPSA) is 66.8 Å². The maximum absolute atomic E-state index is 13.6. The van der Waals surface area contributed by atoms with E-state index in [9.17, 15) is 15.0 Å². The van der Waals surface area contributed by atoms with Crippen LogP contribution in [-0.2, 0) is 16.0 Å². The summed E-state index contributed by atoms with van der Waals surface area (Å²) in [6, 6.07) is 15.2. The van der Waals surface area contributed by atoms with Gasteiger partial charge >= 0.3 is 0 Å². The van der Waals surface area contributed by atoms with Crippen molar-refractivity contribution in [3.05, 3.63) is 66.2 Å². The molecule has 4 rings (SSSR count). The summed E-state index contributed by atoms with van der Waals surface area (Å²) >= 11 is 0. The maximum atomic E-state index is 13.6. The van der Waals surface area contributed by atoms with Crippen LogP contribution in [0, 0.1) is 16.7 Å². The number of fused-ring (bicyclic) bond motifs is 2. The van der Waals surface area contributed by atoms with E-state index in [1.165, 1.54) is 7.11 Å². The lowest BCUT2D eigenvalue weighted by Crippen LogP contribution is -2.55. The Kier molecular flexibility index (Phi) is 4.91. The van der Waals surface area contributed by atoms with Gasteiger partial charge in [-0.15, -0.1) is 0 Å². The highest BCUT2D eigenvalue weighted by Gasteiger charge is 2.76. The zero-order valence-corrected chi connectivity index (χ0v) is 17.9. The predicted octanol–water partition coefficient (Wildman–Crippen LogP) is 4.89. The van der Waals surface area contributed by atoms with Crippen LogP contribution in [0.25, 0.3) is 11.1 Å². The maximum Gasteiger partial charge on any atom is 0.185 e. The number of ketones is 1. The van der Waals surface area contributed by atoms with E-state index in [0.717, 1.165) is 28.7 Å². The Bertz CT molecular complexity index is 1010. The van der Waals surface area contributed by atoms with Crippen LogP contribution in [-0.4, -0.2) is 28.9 Å². The number of hydrogen-bond acceptors (Lipinski definition) is 4. The second-order valence-corrected chi connectivity index (χ2v) is 9.22. The number of methoxy groups -OCH3 is 1. The van der Waals surface area contributed by atoms with E-state index in [1.807, 2.05) is 44.2 Å². The lowest BCUT2D eigenvalue weighted by atomic mass is 9.59. The molecule has 4 nitrogen and oxygen atoms in total. The molecule has 2 saturated carbocycles. The highest BCUT2D eigenvalue weighted by molar-refractivity contribution is 5.89. The van der Waals surface area contributed by atoms with Gasteiger partial charge in [-0.1, -0.05) is 62.4 Å². The van der Waals surface area contributed by atoms with Gasteiger partial charge in [0.1, 0.15) is 11.5 Å². The third kappa shape index (κ3) is 2.70. The molecule has 2 fully saturated rings. The first-order valence-electron chi connectivity index (χ1n) is 10.6. The van der Waals surface area contributed by atoms with Crippen LogP contribution in [0.5, 0.6) is 5.75 Å². The molecule has 0 amide bonds. The molecule has 0 heterocycles. The minimum Gasteiger partial charge on any atom is -0.508 e. The van der Waals surface area contributed by atoms with Crippen molar-refractivity contribution in [1.82, 2.24) is 0 Å². The van der Waals surface area contributed by atoms with Gasteiger partial charge in [-0.2, -0.15) is 0 Å². The highest BCUT2D eigenvalue weighted by Crippen LogP contribution is 2.72. The fourth-order valence-corrected chi connectivity index (χ4v) is 5.98. The van der Waals surface area contributed by atoms with Crippen molar-refractivity contribution >= 4 is 5.78 Å². The minimum absolute atomic E-state index is 0.0424. The molecule has 0 spiro atoms. The average molecular weight is 407 g/mol. The molecule has 3 atom stereocenters. The molecule has 2 aromatic carbocycles. The van der Waals surface area contributed by atoms with E-state index >= 15 is 0 Å². The molecule has 4 heteroatoms. The summed E-state index contributed by atoms with van der Waals surface area (Å²) in [6.45, 7) is 8.24. The van der Waals surface area contributed by atoms with Crippen molar-refractivity contribution in [2.45, 2.75) is 45.3 Å². The van der Waals surface area contributed by atoms with Gasteiger partial charge in [0.2, 0.25) is 0 Å². The third-order valence-electron chi connectivity index (χ3n) is 7.72. The van der Waals surface area contributed by atoms with Gasteiger partial charge in [0, 0.05) is 24.9 Å². The van der Waals surface area contributed by atoms with Crippen molar-refractivity contribution in [2.24, 2.45) is 16.7 Å². The van der Waals surface area contributed by atoms with Crippen molar-refractivity contribution in [1.29, 1.82) is 0 Å². The van der Waals surface area contributed by atoms with Crippen LogP contribution < -0.4 is 0 Å². The van der Waals surface area contributed by atoms with E-state index in [1.54, 1.807) is 12.1 Å². The number of rotatable bonds is 6. The van der Waals surface area contributed by atoms with Gasteiger partial charge in [0.15, 0.2) is 5.79 Å². The SMILES string of the molecule is C=C1[C@H]2CC[C@@](C(=O)CCc3cccc(-c4cccc(O)c4)c3)(C1(C)C)[C@]2(O)OC. The molecular formula is C26H30O4. The summed E-state index contributed by atoms with van der Waals surface area (Å²) in [5.74, 6) is -1.41. The molecule has 0 unspecified atom stereocenters. The fraction of sp³-hybridized carbons (Fsp3) is 0.423. The summed E-state index contributed by atoms with van der Waals surface area (Å²) < 4.78 is 5.61. The summed E-state index contributed by atoms with van der Waals surface area (Å²) in [6.07, 6.45) is 2.26. The van der Waals surface area contributed by atoms with Crippen LogP contribution in [0.3, 0.4) is 0 Å². The van der Waals surface area contributed by atoms with E-state index in [0.29, 0.717) is 19.3 Å². The van der Waals surface area contributed by atoms with Gasteiger partial charge < -0.3 is 14.9 Å². The Morgan fingerprint density at radius 3 is 2.50 bits per heavy atom. The molecular weight excluding hydrogens is 376 g/mol. The molecule has 2 aliphatic carbocycles. The van der Waals surface area contributed by atoms with Crippen LogP contribution in [0.1, 0.15) is 38.7 Å². The second-order valence-electron chi connectivity index (χ2n) is 9.22. The van der Waals surface area contributed by atoms with Crippen LogP contribution in [0.15, 0.2) is 60.7 Å². The number of hydrogen-bond donors (Lipinski definition) is 2. The van der Waals surface area contributed by atoms with Crippen LogP contribution in [0.2, 0.25) is 0 Å². The number of carbonyl (C=O) groups is 1. The number of phenols is 1. The minimum atomic E-state index is -1.48. The molecule has 0 radical (unpaired) electrons. The summed E-state index contributed by atoms with van der Waals surface area (Å²) in [7, 11) is 1.49. The fourth-order valence-electron chi connectivity index (χ4n) is 5.98. The van der Waals surface area contributed by atoms with E-state index in [2.05, 4.69) is 12.6 Å². The number of aryl methyl sites for hydroxylation is 1. The van der Waals surface area contributed by atoms with Crippen molar-refractivity contribution in [2.75, 3.05) is 7.11 Å². The number of aromatic hydroxyl groups is 1. The Morgan fingerprint density at radius 1 is 1.17 bits per heavy atom. The zero-order valence-electron chi connectivity index (χ0n) is 17.9. The number of carbonyl (C=O) groups excluding carboxylic acids is 1. The molecule has 2 N–H and O–H groups in total. The molecule has 158 valence electrons. The first kappa shape index (κ1) is 20.8. The monoisotopic (exact) mass is 406 g/mol. The molecule has 0 aliphatic heterocycles. The largest absolute Gasteiger partial charge is 0.508 e. The third-order valence-corrected chi connectivity index (χ3v) is 7.72. The van der Waals surface area contributed by atoms with Crippen LogP contribution >= 0.6 is 0 Å². The lowest BCUT2D eigenvalue weighted by molar-refractivity contribution is -0.252. The molecule has 2 bridgehead atoms. The predicted molar refractivity (Wildman–Crippen MR) is 117 cm³/mol. The van der Waals surface area contributed by atoms with E-state index in [-0.39, 0.29) is 17.5 Å². The number of benzene rings is 2. The molecule has 2 aliphatic rings. The van der Waals surface area contributed by atoms with E-state index < -0.39 is 16.6 Å². The summed E-state index contributed by atoms with van der Waals surface area (Å²) in [5, 5.41) is 21.2. The van der Waals surface area contributed by atoms with E-state index in [4.69, 9.17) is 4.74 Å². The molecule has 30 heavy (non-hydrogen) atoms. The standard InChI is InChI=1S/C26H30O4/c1-17-22-13-14-25(24(17,2)3,26(22,29)30-4)23(28)12-11-18-7-5-8-19(15-18)20-9-6-10-21(27)16-20/h5-10,15-16,22,27,29H,1,11-14H2,2-4H3/t22-,25-,26-/m1/s1. The first-order valence-corrected chi connectivity index (χ1v) is 10.6. The number of ether oxygens (including phenoxy) is 1. The Morgan fingerprint density at radius 2 is 1.83 bits per heavy atom. The number of phenolic OH excluding ortho intramolecular Hbond substituents is 1. The Labute approximate surface area is 178 Å². The van der Waals surface area contributed by atoms with Gasteiger partial charge in [-0.05, 0) is 48.1 Å². The van der Waals surface area contributed by atoms with Crippen molar-refractivity contribution in [3.8, 4) is 16.9 Å². The molecule has 2 aromatic rings. The first-order chi connectivity index (χ1) is 14.2. The number of aliphatic hydroxyl groups is 1.